The van der Waals surface area contributed by atoms with E-state index in [2.05, 4.69) is 30.6 Å². The highest BCUT2D eigenvalue weighted by atomic mass is 16.2. The van der Waals surface area contributed by atoms with Crippen molar-refractivity contribution >= 4 is 5.91 Å². The third-order valence-electron chi connectivity index (χ3n) is 5.24. The number of aromatic nitrogens is 6. The number of nitrogens with one attached hydrogen (secondary N) is 2. The zero-order chi connectivity index (χ0) is 21.2. The highest BCUT2D eigenvalue weighted by Crippen LogP contribution is 2.22. The molecular weight excluding hydrogens is 392 g/mol. The summed E-state index contributed by atoms with van der Waals surface area (Å²) in [6.07, 6.45) is 2.89. The highest BCUT2D eigenvalue weighted by Gasteiger charge is 2.25. The van der Waals surface area contributed by atoms with Crippen LogP contribution >= 0.6 is 0 Å². The molecule has 31 heavy (non-hydrogen) atoms. The maximum absolute atomic E-state index is 12.9. The summed E-state index contributed by atoms with van der Waals surface area (Å²) in [5.74, 6) is 1.28. The van der Waals surface area contributed by atoms with Crippen LogP contribution in [-0.2, 0) is 13.0 Å². The Bertz CT molecular complexity index is 1280. The Morgan fingerprint density at radius 3 is 2.87 bits per heavy atom. The summed E-state index contributed by atoms with van der Waals surface area (Å²) in [7, 11) is 0. The van der Waals surface area contributed by atoms with E-state index in [0.29, 0.717) is 35.7 Å². The van der Waals surface area contributed by atoms with Crippen LogP contribution in [0, 0.1) is 11.3 Å². The molecule has 4 aromatic rings. The van der Waals surface area contributed by atoms with Gasteiger partial charge in [0.25, 0.3) is 5.91 Å². The van der Waals surface area contributed by atoms with Gasteiger partial charge in [-0.1, -0.05) is 36.4 Å². The lowest BCUT2D eigenvalue weighted by molar-refractivity contribution is 0.0925. The fourth-order valence-corrected chi connectivity index (χ4v) is 3.70. The van der Waals surface area contributed by atoms with E-state index in [1.807, 2.05) is 41.1 Å². The quantitative estimate of drug-likeness (QED) is 0.532. The van der Waals surface area contributed by atoms with Gasteiger partial charge in [0.1, 0.15) is 23.3 Å². The van der Waals surface area contributed by atoms with E-state index in [1.54, 1.807) is 24.4 Å². The number of hydrogen-bond acceptors (Lipinski definition) is 6. The van der Waals surface area contributed by atoms with Crippen molar-refractivity contribution in [3.8, 4) is 28.7 Å². The van der Waals surface area contributed by atoms with E-state index >= 15 is 0 Å². The number of aromatic amines is 1. The van der Waals surface area contributed by atoms with Crippen molar-refractivity contribution in [1.82, 2.24) is 35.3 Å². The molecule has 0 aliphatic carbocycles. The summed E-state index contributed by atoms with van der Waals surface area (Å²) in [6.45, 7) is 0.682. The number of nitrogens with zero attached hydrogens (tertiary/aromatic N) is 6. The van der Waals surface area contributed by atoms with Crippen molar-refractivity contribution in [2.24, 2.45) is 0 Å². The standard InChI is InChI=1S/C22H18N8O/c23-12-16-7-4-8-18(25-16)17-13-24-28-20(17)22(31)26-15-9-10-30-19(11-15)27-21(29-30)14-5-2-1-3-6-14/h1-8,13,15H,9-11H2,(H,24,28)(H,26,31). The topological polar surface area (TPSA) is 125 Å². The second kappa shape index (κ2) is 7.84. The molecule has 0 saturated heterocycles. The van der Waals surface area contributed by atoms with Crippen LogP contribution in [0.5, 0.6) is 0 Å². The molecule has 0 fully saturated rings. The first kappa shape index (κ1) is 18.7. The van der Waals surface area contributed by atoms with Crippen molar-refractivity contribution in [3.05, 3.63) is 71.9 Å². The molecule has 9 heteroatoms. The Labute approximate surface area is 177 Å². The molecule has 4 heterocycles. The highest BCUT2D eigenvalue weighted by molar-refractivity contribution is 5.98. The van der Waals surface area contributed by atoms with Crippen molar-refractivity contribution in [2.45, 2.75) is 25.4 Å². The van der Waals surface area contributed by atoms with E-state index in [0.717, 1.165) is 17.8 Å². The molecule has 2 N–H and O–H groups in total. The molecule has 0 bridgehead atoms. The number of nitriles is 1. The van der Waals surface area contributed by atoms with Crippen LogP contribution < -0.4 is 5.32 Å². The lowest BCUT2D eigenvalue weighted by Crippen LogP contribution is -2.40. The summed E-state index contributed by atoms with van der Waals surface area (Å²) in [4.78, 5) is 21.9. The molecule has 1 atom stereocenters. The van der Waals surface area contributed by atoms with Gasteiger partial charge in [-0.3, -0.25) is 9.89 Å². The van der Waals surface area contributed by atoms with E-state index in [-0.39, 0.29) is 17.6 Å². The number of carbonyl (C=O) groups excluding carboxylic acids is 1. The predicted molar refractivity (Wildman–Crippen MR) is 112 cm³/mol. The predicted octanol–water partition coefficient (Wildman–Crippen LogP) is 2.35. The second-order valence-electron chi connectivity index (χ2n) is 7.28. The molecule has 9 nitrogen and oxygen atoms in total. The number of aryl methyl sites for hydroxylation is 1. The smallest absolute Gasteiger partial charge is 0.270 e. The van der Waals surface area contributed by atoms with Gasteiger partial charge < -0.3 is 5.32 Å². The number of carbonyl (C=O) groups is 1. The van der Waals surface area contributed by atoms with Crippen molar-refractivity contribution in [3.63, 3.8) is 0 Å². The first-order chi connectivity index (χ1) is 15.2. The molecule has 152 valence electrons. The maximum Gasteiger partial charge on any atom is 0.270 e. The number of hydrogen-bond donors (Lipinski definition) is 2. The Kier molecular flexibility index (Phi) is 4.72. The molecule has 1 unspecified atom stereocenters. The lowest BCUT2D eigenvalue weighted by Gasteiger charge is -2.23. The van der Waals surface area contributed by atoms with Gasteiger partial charge in [0.15, 0.2) is 5.82 Å². The third kappa shape index (κ3) is 3.67. The Balaban J connectivity index is 1.32. The molecule has 0 radical (unpaired) electrons. The number of rotatable bonds is 4. The van der Waals surface area contributed by atoms with Crippen LogP contribution in [0.1, 0.15) is 28.4 Å². The SMILES string of the molecule is N#Cc1cccc(-c2cn[nH]c2C(=O)NC2CCn3nc(-c4ccccc4)nc3C2)n1. The van der Waals surface area contributed by atoms with Crippen LogP contribution in [0.15, 0.2) is 54.7 Å². The van der Waals surface area contributed by atoms with Gasteiger partial charge in [-0.2, -0.15) is 15.5 Å². The minimum atomic E-state index is -0.266. The number of fused-ring (bicyclic) bond motifs is 1. The van der Waals surface area contributed by atoms with Gasteiger partial charge in [0, 0.05) is 24.6 Å². The number of benzene rings is 1. The van der Waals surface area contributed by atoms with Gasteiger partial charge in [-0.25, -0.2) is 14.6 Å². The number of pyridine rings is 1. The molecule has 1 aromatic carbocycles. The molecule has 5 rings (SSSR count). The van der Waals surface area contributed by atoms with Crippen LogP contribution in [0.3, 0.4) is 0 Å². The monoisotopic (exact) mass is 410 g/mol. The summed E-state index contributed by atoms with van der Waals surface area (Å²) in [5, 5.41) is 23.5. The third-order valence-corrected chi connectivity index (χ3v) is 5.24. The molecular formula is C22H18N8O. The van der Waals surface area contributed by atoms with Crippen molar-refractivity contribution in [1.29, 1.82) is 5.26 Å². The summed E-state index contributed by atoms with van der Waals surface area (Å²) < 4.78 is 1.91. The molecule has 1 amide bonds. The zero-order valence-electron chi connectivity index (χ0n) is 16.5. The summed E-state index contributed by atoms with van der Waals surface area (Å²) in [5.41, 5.74) is 2.65. The molecule has 3 aromatic heterocycles. The molecule has 0 saturated carbocycles. The fraction of sp³-hybridized carbons (Fsp3) is 0.182. The maximum atomic E-state index is 12.9. The van der Waals surface area contributed by atoms with E-state index < -0.39 is 0 Å². The van der Waals surface area contributed by atoms with Crippen LogP contribution in [0.2, 0.25) is 0 Å². The zero-order valence-corrected chi connectivity index (χ0v) is 16.5. The van der Waals surface area contributed by atoms with Gasteiger partial charge in [0.2, 0.25) is 0 Å². The fourth-order valence-electron chi connectivity index (χ4n) is 3.70. The average Bonchev–Trinajstić information content (AvgIpc) is 3.47. The normalized spacial score (nSPS) is 15.1. The number of H-pyrrole nitrogens is 1. The van der Waals surface area contributed by atoms with Crippen LogP contribution in [0.25, 0.3) is 22.6 Å². The van der Waals surface area contributed by atoms with Gasteiger partial charge >= 0.3 is 0 Å². The number of amides is 1. The molecule has 1 aliphatic rings. The van der Waals surface area contributed by atoms with Crippen molar-refractivity contribution in [2.75, 3.05) is 0 Å². The Morgan fingerprint density at radius 2 is 2.03 bits per heavy atom. The first-order valence-electron chi connectivity index (χ1n) is 9.92. The van der Waals surface area contributed by atoms with Crippen LogP contribution in [-0.4, -0.2) is 41.9 Å². The summed E-state index contributed by atoms with van der Waals surface area (Å²) in [6, 6.07) is 16.9. The lowest BCUT2D eigenvalue weighted by atomic mass is 10.1. The van der Waals surface area contributed by atoms with E-state index in [4.69, 9.17) is 5.26 Å². The van der Waals surface area contributed by atoms with E-state index in [1.165, 1.54) is 0 Å². The van der Waals surface area contributed by atoms with Crippen molar-refractivity contribution < 1.29 is 4.79 Å². The van der Waals surface area contributed by atoms with Gasteiger partial charge in [-0.15, -0.1) is 0 Å². The Hall–Kier alpha value is -4.32. The van der Waals surface area contributed by atoms with Gasteiger partial charge in [-0.05, 0) is 18.6 Å². The molecule has 0 spiro atoms. The van der Waals surface area contributed by atoms with E-state index in [9.17, 15) is 4.79 Å². The Morgan fingerprint density at radius 1 is 1.16 bits per heavy atom. The molecule has 1 aliphatic heterocycles. The van der Waals surface area contributed by atoms with Gasteiger partial charge in [0.05, 0.1) is 17.5 Å². The second-order valence-corrected chi connectivity index (χ2v) is 7.28. The largest absolute Gasteiger partial charge is 0.347 e. The van der Waals surface area contributed by atoms with Crippen LogP contribution in [0.4, 0.5) is 0 Å². The first-order valence-corrected chi connectivity index (χ1v) is 9.92. The minimum absolute atomic E-state index is 0.0672. The minimum Gasteiger partial charge on any atom is -0.347 e. The average molecular weight is 410 g/mol. The summed E-state index contributed by atoms with van der Waals surface area (Å²) >= 11 is 0.